The summed E-state index contributed by atoms with van der Waals surface area (Å²) in [6.45, 7) is 2.17. The van der Waals surface area contributed by atoms with Gasteiger partial charge in [0.2, 0.25) is 0 Å². The molecule has 0 aromatic carbocycles. The van der Waals surface area contributed by atoms with E-state index in [9.17, 15) is 0 Å². The minimum absolute atomic E-state index is 0.489. The van der Waals surface area contributed by atoms with Gasteiger partial charge in [0.05, 0.1) is 6.26 Å². The van der Waals surface area contributed by atoms with Crippen molar-refractivity contribution in [2.45, 2.75) is 51.5 Å². The van der Waals surface area contributed by atoms with Crippen LogP contribution in [0.1, 0.15) is 56.4 Å². The topological polar surface area (TPSA) is 25.2 Å². The first kappa shape index (κ1) is 12.3. The molecule has 0 saturated heterocycles. The van der Waals surface area contributed by atoms with Crippen LogP contribution in [0.25, 0.3) is 0 Å². The van der Waals surface area contributed by atoms with Gasteiger partial charge in [0.1, 0.15) is 5.76 Å². The molecule has 4 atom stereocenters. The lowest BCUT2D eigenvalue weighted by Gasteiger charge is -2.26. The largest absolute Gasteiger partial charge is 0.469 e. The third-order valence-electron chi connectivity index (χ3n) is 5.25. The maximum atomic E-state index is 5.58. The fourth-order valence-corrected chi connectivity index (χ4v) is 4.32. The van der Waals surface area contributed by atoms with Crippen LogP contribution in [0, 0.1) is 17.8 Å². The molecule has 100 valence electrons. The van der Waals surface area contributed by atoms with E-state index in [1.165, 1.54) is 37.7 Å². The van der Waals surface area contributed by atoms with Crippen LogP contribution < -0.4 is 5.32 Å². The fraction of sp³-hybridized carbons (Fsp3) is 0.750. The van der Waals surface area contributed by atoms with Crippen LogP contribution in [-0.2, 0) is 6.42 Å². The number of aryl methyl sites for hydroxylation is 1. The fourth-order valence-electron chi connectivity index (χ4n) is 4.32. The number of rotatable bonds is 5. The first-order valence-corrected chi connectivity index (χ1v) is 7.55. The van der Waals surface area contributed by atoms with Crippen LogP contribution in [0.2, 0.25) is 0 Å². The van der Waals surface area contributed by atoms with E-state index < -0.39 is 0 Å². The van der Waals surface area contributed by atoms with Crippen molar-refractivity contribution in [1.82, 2.24) is 5.32 Å². The lowest BCUT2D eigenvalue weighted by atomic mass is 9.82. The van der Waals surface area contributed by atoms with Crippen LogP contribution in [-0.4, -0.2) is 7.05 Å². The summed E-state index contributed by atoms with van der Waals surface area (Å²) in [6.07, 6.45) is 10.1. The van der Waals surface area contributed by atoms with Gasteiger partial charge in [-0.3, -0.25) is 0 Å². The van der Waals surface area contributed by atoms with Crippen molar-refractivity contribution in [3.63, 3.8) is 0 Å². The highest BCUT2D eigenvalue weighted by molar-refractivity contribution is 5.21. The molecule has 0 radical (unpaired) electrons. The summed E-state index contributed by atoms with van der Waals surface area (Å²) in [5.41, 5.74) is 1.39. The Morgan fingerprint density at radius 1 is 1.39 bits per heavy atom. The van der Waals surface area contributed by atoms with Crippen molar-refractivity contribution in [2.75, 3.05) is 7.05 Å². The molecular weight excluding hydrogens is 222 g/mol. The summed E-state index contributed by atoms with van der Waals surface area (Å²) >= 11 is 0. The molecule has 0 spiro atoms. The maximum Gasteiger partial charge on any atom is 0.108 e. The zero-order valence-electron chi connectivity index (χ0n) is 11.6. The van der Waals surface area contributed by atoms with Crippen LogP contribution in [0.5, 0.6) is 0 Å². The van der Waals surface area contributed by atoms with Crippen LogP contribution in [0.4, 0.5) is 0 Å². The van der Waals surface area contributed by atoms with Gasteiger partial charge in [-0.1, -0.05) is 13.3 Å². The molecule has 1 heterocycles. The third kappa shape index (κ3) is 2.11. The van der Waals surface area contributed by atoms with Gasteiger partial charge in [-0.05, 0) is 56.6 Å². The summed E-state index contributed by atoms with van der Waals surface area (Å²) in [4.78, 5) is 0. The van der Waals surface area contributed by atoms with Crippen molar-refractivity contribution in [3.8, 4) is 0 Å². The van der Waals surface area contributed by atoms with Crippen molar-refractivity contribution in [1.29, 1.82) is 0 Å². The predicted octanol–water partition coefficient (Wildman–Crippen LogP) is 3.93. The van der Waals surface area contributed by atoms with Crippen molar-refractivity contribution < 1.29 is 4.42 Å². The zero-order chi connectivity index (χ0) is 12.5. The van der Waals surface area contributed by atoms with Gasteiger partial charge >= 0.3 is 0 Å². The molecule has 1 aromatic rings. The number of hydrogen-bond acceptors (Lipinski definition) is 2. The molecule has 3 rings (SSSR count). The zero-order valence-corrected chi connectivity index (χ0v) is 11.6. The number of nitrogens with one attached hydrogen (secondary N) is 1. The quantitative estimate of drug-likeness (QED) is 0.853. The van der Waals surface area contributed by atoms with Gasteiger partial charge < -0.3 is 9.73 Å². The van der Waals surface area contributed by atoms with Crippen molar-refractivity contribution >= 4 is 0 Å². The Morgan fingerprint density at radius 2 is 2.28 bits per heavy atom. The second kappa shape index (κ2) is 5.08. The summed E-state index contributed by atoms with van der Waals surface area (Å²) in [5, 5.41) is 3.51. The van der Waals surface area contributed by atoms with Crippen LogP contribution in [0.3, 0.4) is 0 Å². The average molecular weight is 247 g/mol. The molecule has 2 fully saturated rings. The summed E-state index contributed by atoms with van der Waals surface area (Å²) in [7, 11) is 2.09. The van der Waals surface area contributed by atoms with Gasteiger partial charge in [0.25, 0.3) is 0 Å². The molecule has 1 N–H and O–H groups in total. The molecule has 2 nitrogen and oxygen atoms in total. The molecule has 2 heteroatoms. The summed E-state index contributed by atoms with van der Waals surface area (Å²) in [5.74, 6) is 4.17. The van der Waals surface area contributed by atoms with Gasteiger partial charge in [0, 0.05) is 18.0 Å². The molecule has 2 saturated carbocycles. The lowest BCUT2D eigenvalue weighted by Crippen LogP contribution is -2.23. The Bertz CT molecular complexity index is 398. The highest BCUT2D eigenvalue weighted by Gasteiger charge is 2.40. The number of furan rings is 1. The minimum Gasteiger partial charge on any atom is -0.469 e. The van der Waals surface area contributed by atoms with E-state index in [0.29, 0.717) is 6.04 Å². The van der Waals surface area contributed by atoms with Crippen LogP contribution in [0.15, 0.2) is 16.7 Å². The predicted molar refractivity (Wildman–Crippen MR) is 73.4 cm³/mol. The Labute approximate surface area is 110 Å². The summed E-state index contributed by atoms with van der Waals surface area (Å²) in [6, 6.07) is 2.65. The highest BCUT2D eigenvalue weighted by Crippen LogP contribution is 2.51. The monoisotopic (exact) mass is 247 g/mol. The molecule has 18 heavy (non-hydrogen) atoms. The van der Waals surface area contributed by atoms with Crippen molar-refractivity contribution in [2.24, 2.45) is 17.8 Å². The van der Waals surface area contributed by atoms with E-state index in [4.69, 9.17) is 4.42 Å². The molecule has 0 aliphatic heterocycles. The van der Waals surface area contributed by atoms with E-state index in [1.54, 1.807) is 0 Å². The van der Waals surface area contributed by atoms with E-state index in [0.717, 1.165) is 29.9 Å². The minimum atomic E-state index is 0.489. The van der Waals surface area contributed by atoms with Gasteiger partial charge in [-0.25, -0.2) is 0 Å². The smallest absolute Gasteiger partial charge is 0.108 e. The van der Waals surface area contributed by atoms with Gasteiger partial charge in [0.15, 0.2) is 0 Å². The molecule has 2 bridgehead atoms. The maximum absolute atomic E-state index is 5.58. The molecular formula is C16H25NO. The SMILES string of the molecule is CCc1occc1C(CC1CC2CCC1C2)NC. The molecule has 2 aliphatic rings. The molecule has 4 unspecified atom stereocenters. The lowest BCUT2D eigenvalue weighted by molar-refractivity contribution is 0.283. The first-order valence-electron chi connectivity index (χ1n) is 7.55. The van der Waals surface area contributed by atoms with E-state index in [1.807, 2.05) is 6.26 Å². The van der Waals surface area contributed by atoms with E-state index >= 15 is 0 Å². The Kier molecular flexibility index (Phi) is 3.47. The van der Waals surface area contributed by atoms with Crippen molar-refractivity contribution in [3.05, 3.63) is 23.7 Å². The molecule has 0 amide bonds. The number of fused-ring (bicyclic) bond motifs is 2. The highest BCUT2D eigenvalue weighted by atomic mass is 16.3. The molecule has 2 aliphatic carbocycles. The second-order valence-corrected chi connectivity index (χ2v) is 6.16. The summed E-state index contributed by atoms with van der Waals surface area (Å²) < 4.78 is 5.58. The van der Waals surface area contributed by atoms with E-state index in [-0.39, 0.29) is 0 Å². The first-order chi connectivity index (χ1) is 8.81. The Hall–Kier alpha value is -0.760. The Balaban J connectivity index is 1.69. The Morgan fingerprint density at radius 3 is 2.89 bits per heavy atom. The standard InChI is InChI=1S/C16H25NO/c1-3-16-14(6-7-18-16)15(17-2)10-13-9-11-4-5-12(13)8-11/h6-7,11-13,15,17H,3-5,8-10H2,1-2H3. The second-order valence-electron chi connectivity index (χ2n) is 6.16. The molecule has 1 aromatic heterocycles. The number of hydrogen-bond donors (Lipinski definition) is 1. The van der Waals surface area contributed by atoms with Gasteiger partial charge in [-0.2, -0.15) is 0 Å². The van der Waals surface area contributed by atoms with Crippen LogP contribution >= 0.6 is 0 Å². The van der Waals surface area contributed by atoms with E-state index in [2.05, 4.69) is 25.4 Å². The third-order valence-corrected chi connectivity index (χ3v) is 5.25. The van der Waals surface area contributed by atoms with Gasteiger partial charge in [-0.15, -0.1) is 0 Å². The average Bonchev–Trinajstić information content (AvgIpc) is 3.10. The normalized spacial score (nSPS) is 32.0.